The first kappa shape index (κ1) is 20.9. The predicted molar refractivity (Wildman–Crippen MR) is 122 cm³/mol. The molecule has 31 heavy (non-hydrogen) atoms. The lowest BCUT2D eigenvalue weighted by Crippen LogP contribution is -2.31. The van der Waals surface area contributed by atoms with Gasteiger partial charge in [-0.2, -0.15) is 0 Å². The van der Waals surface area contributed by atoms with E-state index in [2.05, 4.69) is 0 Å². The first-order valence-electron chi connectivity index (χ1n) is 10.1. The van der Waals surface area contributed by atoms with Gasteiger partial charge in [0.2, 0.25) is 0 Å². The molecule has 1 amide bonds. The quantitative estimate of drug-likeness (QED) is 0.338. The average Bonchev–Trinajstić information content (AvgIpc) is 3.03. The monoisotopic (exact) mass is 431 g/mol. The van der Waals surface area contributed by atoms with Gasteiger partial charge in [-0.15, -0.1) is 0 Å². The highest BCUT2D eigenvalue weighted by molar-refractivity contribution is 6.47. The first-order valence-corrected chi connectivity index (χ1v) is 10.5. The number of aryl methyl sites for hydroxylation is 1. The van der Waals surface area contributed by atoms with Crippen molar-refractivity contribution in [1.29, 1.82) is 0 Å². The number of hydrogen-bond acceptors (Lipinski definition) is 3. The van der Waals surface area contributed by atoms with Crippen molar-refractivity contribution in [3.63, 3.8) is 0 Å². The van der Waals surface area contributed by atoms with E-state index in [0.717, 1.165) is 11.1 Å². The van der Waals surface area contributed by atoms with Crippen molar-refractivity contribution < 1.29 is 14.7 Å². The summed E-state index contributed by atoms with van der Waals surface area (Å²) >= 11 is 6.47. The highest BCUT2D eigenvalue weighted by atomic mass is 35.5. The van der Waals surface area contributed by atoms with Crippen LogP contribution < -0.4 is 0 Å². The van der Waals surface area contributed by atoms with Crippen molar-refractivity contribution in [1.82, 2.24) is 4.90 Å². The van der Waals surface area contributed by atoms with Crippen molar-refractivity contribution in [2.45, 2.75) is 19.4 Å². The minimum absolute atomic E-state index is 0.0648. The van der Waals surface area contributed by atoms with Crippen LogP contribution in [0.15, 0.2) is 84.4 Å². The number of aliphatic hydroxyl groups is 1. The lowest BCUT2D eigenvalue weighted by Gasteiger charge is -2.26. The van der Waals surface area contributed by atoms with Gasteiger partial charge >= 0.3 is 0 Å². The van der Waals surface area contributed by atoms with Crippen LogP contribution in [0.25, 0.3) is 5.76 Å². The van der Waals surface area contributed by atoms with Gasteiger partial charge in [0, 0.05) is 17.1 Å². The van der Waals surface area contributed by atoms with Crippen LogP contribution in [0.3, 0.4) is 0 Å². The molecule has 1 aliphatic heterocycles. The van der Waals surface area contributed by atoms with Crippen LogP contribution in [-0.2, 0) is 16.0 Å². The maximum atomic E-state index is 13.1. The molecule has 0 bridgehead atoms. The Morgan fingerprint density at radius 2 is 1.58 bits per heavy atom. The molecule has 0 spiro atoms. The molecular formula is C26H22ClNO3. The summed E-state index contributed by atoms with van der Waals surface area (Å²) < 4.78 is 0. The third kappa shape index (κ3) is 4.12. The molecule has 3 aromatic rings. The van der Waals surface area contributed by atoms with Crippen LogP contribution in [0.4, 0.5) is 0 Å². The summed E-state index contributed by atoms with van der Waals surface area (Å²) in [6, 6.07) is 23.3. The molecule has 0 saturated carbocycles. The van der Waals surface area contributed by atoms with E-state index >= 15 is 0 Å². The molecular weight excluding hydrogens is 410 g/mol. The zero-order chi connectivity index (χ0) is 22.0. The van der Waals surface area contributed by atoms with Gasteiger partial charge in [0.1, 0.15) is 5.76 Å². The smallest absolute Gasteiger partial charge is 0.295 e. The van der Waals surface area contributed by atoms with Crippen LogP contribution >= 0.6 is 11.6 Å². The SMILES string of the molecule is Cc1ccc(/C(O)=C2/C(=O)C(=O)N(CCc3ccccc3)C2c2ccccc2Cl)cc1. The maximum Gasteiger partial charge on any atom is 0.295 e. The normalized spacial score (nSPS) is 17.9. The molecule has 3 aromatic carbocycles. The number of hydrogen-bond donors (Lipinski definition) is 1. The Bertz CT molecular complexity index is 1150. The fourth-order valence-electron chi connectivity index (χ4n) is 3.89. The van der Waals surface area contributed by atoms with Crippen LogP contribution in [0.5, 0.6) is 0 Å². The molecule has 1 atom stereocenters. The zero-order valence-corrected chi connectivity index (χ0v) is 17.8. The van der Waals surface area contributed by atoms with E-state index in [1.54, 1.807) is 30.3 Å². The van der Waals surface area contributed by atoms with Crippen LogP contribution in [0.1, 0.15) is 28.3 Å². The molecule has 4 rings (SSSR count). The number of nitrogens with zero attached hydrogens (tertiary/aromatic N) is 1. The summed E-state index contributed by atoms with van der Waals surface area (Å²) in [4.78, 5) is 27.6. The summed E-state index contributed by atoms with van der Waals surface area (Å²) in [7, 11) is 0. The van der Waals surface area contributed by atoms with Gasteiger partial charge in [0.05, 0.1) is 11.6 Å². The highest BCUT2D eigenvalue weighted by Crippen LogP contribution is 2.41. The summed E-state index contributed by atoms with van der Waals surface area (Å²) in [6.07, 6.45) is 0.583. The maximum absolute atomic E-state index is 13.1. The summed E-state index contributed by atoms with van der Waals surface area (Å²) in [6.45, 7) is 2.27. The molecule has 1 unspecified atom stereocenters. The van der Waals surface area contributed by atoms with E-state index in [-0.39, 0.29) is 11.3 Å². The fourth-order valence-corrected chi connectivity index (χ4v) is 4.13. The van der Waals surface area contributed by atoms with Gasteiger partial charge in [-0.1, -0.05) is 90.0 Å². The molecule has 0 aliphatic carbocycles. The Morgan fingerprint density at radius 1 is 0.935 bits per heavy atom. The largest absolute Gasteiger partial charge is 0.507 e. The van der Waals surface area contributed by atoms with Gasteiger partial charge in [-0.25, -0.2) is 0 Å². The second kappa shape index (κ2) is 8.78. The number of carbonyl (C=O) groups excluding carboxylic acids is 2. The van der Waals surface area contributed by atoms with Gasteiger partial charge in [-0.05, 0) is 30.5 Å². The Kier molecular flexibility index (Phi) is 5.92. The molecule has 156 valence electrons. The third-order valence-corrected chi connectivity index (χ3v) is 5.89. The van der Waals surface area contributed by atoms with Crippen LogP contribution in [-0.4, -0.2) is 28.2 Å². The number of ketones is 1. The number of carbonyl (C=O) groups is 2. The molecule has 1 saturated heterocycles. The van der Waals surface area contributed by atoms with E-state index in [0.29, 0.717) is 29.1 Å². The van der Waals surface area contributed by atoms with Gasteiger partial charge in [0.25, 0.3) is 11.7 Å². The zero-order valence-electron chi connectivity index (χ0n) is 17.1. The second-order valence-electron chi connectivity index (χ2n) is 7.62. The highest BCUT2D eigenvalue weighted by Gasteiger charge is 2.46. The first-order chi connectivity index (χ1) is 15.0. The van der Waals surface area contributed by atoms with Crippen molar-refractivity contribution in [2.75, 3.05) is 6.54 Å². The molecule has 0 radical (unpaired) electrons. The number of benzene rings is 3. The standard InChI is InChI=1S/C26H22ClNO3/c1-17-11-13-19(14-12-17)24(29)22-23(20-9-5-6-10-21(20)27)28(26(31)25(22)30)16-15-18-7-3-2-4-8-18/h2-14,23,29H,15-16H2,1H3/b24-22-. The second-order valence-corrected chi connectivity index (χ2v) is 8.02. The Labute approximate surface area is 186 Å². The molecule has 0 aromatic heterocycles. The van der Waals surface area contributed by atoms with E-state index < -0.39 is 17.7 Å². The Balaban J connectivity index is 1.80. The molecule has 4 nitrogen and oxygen atoms in total. The summed E-state index contributed by atoms with van der Waals surface area (Å²) in [5.74, 6) is -1.52. The van der Waals surface area contributed by atoms with Crippen LogP contribution in [0, 0.1) is 6.92 Å². The number of halogens is 1. The molecule has 1 aliphatic rings. The van der Waals surface area contributed by atoms with E-state index in [1.165, 1.54) is 4.90 Å². The van der Waals surface area contributed by atoms with Crippen molar-refractivity contribution in [3.05, 3.63) is 112 Å². The van der Waals surface area contributed by atoms with E-state index in [4.69, 9.17) is 11.6 Å². The van der Waals surface area contributed by atoms with Crippen molar-refractivity contribution in [2.24, 2.45) is 0 Å². The molecule has 1 heterocycles. The predicted octanol–water partition coefficient (Wildman–Crippen LogP) is 5.31. The number of aliphatic hydroxyl groups excluding tert-OH is 1. The van der Waals surface area contributed by atoms with Gasteiger partial charge in [-0.3, -0.25) is 9.59 Å². The third-order valence-electron chi connectivity index (χ3n) is 5.55. The summed E-state index contributed by atoms with van der Waals surface area (Å²) in [5, 5.41) is 11.5. The lowest BCUT2D eigenvalue weighted by atomic mass is 9.95. The van der Waals surface area contributed by atoms with Gasteiger partial charge in [0.15, 0.2) is 0 Å². The average molecular weight is 432 g/mol. The minimum atomic E-state index is -0.751. The Hall–Kier alpha value is -3.37. The number of Topliss-reactive ketones (excluding diaryl/α,β-unsaturated/α-hetero) is 1. The van der Waals surface area contributed by atoms with Gasteiger partial charge < -0.3 is 10.0 Å². The Morgan fingerprint density at radius 3 is 2.26 bits per heavy atom. The van der Waals surface area contributed by atoms with Crippen molar-refractivity contribution >= 4 is 29.1 Å². The van der Waals surface area contributed by atoms with Crippen LogP contribution in [0.2, 0.25) is 5.02 Å². The number of likely N-dealkylation sites (tertiary alicyclic amines) is 1. The molecule has 1 N–H and O–H groups in total. The molecule has 5 heteroatoms. The minimum Gasteiger partial charge on any atom is -0.507 e. The number of amides is 1. The fraction of sp³-hybridized carbons (Fsp3) is 0.154. The summed E-state index contributed by atoms with van der Waals surface area (Å²) in [5.41, 5.74) is 3.26. The lowest BCUT2D eigenvalue weighted by molar-refractivity contribution is -0.139. The van der Waals surface area contributed by atoms with E-state index in [1.807, 2.05) is 55.5 Å². The number of rotatable bonds is 5. The van der Waals surface area contributed by atoms with E-state index in [9.17, 15) is 14.7 Å². The molecule has 1 fully saturated rings. The van der Waals surface area contributed by atoms with Crippen molar-refractivity contribution in [3.8, 4) is 0 Å². The topological polar surface area (TPSA) is 57.6 Å².